The number of aryl methyl sites for hydroxylation is 1. The summed E-state index contributed by atoms with van der Waals surface area (Å²) in [4.78, 5) is 38.3. The van der Waals surface area contributed by atoms with E-state index in [9.17, 15) is 14.7 Å². The maximum Gasteiger partial charge on any atom is 0.262 e. The van der Waals surface area contributed by atoms with Gasteiger partial charge in [-0.1, -0.05) is 66.7 Å². The first-order chi connectivity index (χ1) is 21.2. The van der Waals surface area contributed by atoms with Gasteiger partial charge in [0.05, 0.1) is 38.1 Å². The fourth-order valence-electron chi connectivity index (χ4n) is 6.94. The number of aromatic nitrogens is 4. The molecule has 3 aromatic heterocycles. The molecule has 216 valence electrons. The minimum atomic E-state index is -0.996. The molecule has 8 rings (SSSR count). The topological polar surface area (TPSA) is 101 Å². The number of fused-ring (bicyclic) bond motifs is 4. The van der Waals surface area contributed by atoms with Crippen LogP contribution in [-0.4, -0.2) is 47.0 Å². The molecule has 4 heterocycles. The smallest absolute Gasteiger partial charge is 0.262 e. The van der Waals surface area contributed by atoms with Crippen molar-refractivity contribution in [2.24, 2.45) is 0 Å². The van der Waals surface area contributed by atoms with E-state index in [0.717, 1.165) is 43.5 Å². The van der Waals surface area contributed by atoms with E-state index in [2.05, 4.69) is 44.2 Å². The van der Waals surface area contributed by atoms with Crippen LogP contribution >= 0.6 is 15.9 Å². The molecule has 2 aliphatic rings. The van der Waals surface area contributed by atoms with Crippen LogP contribution in [-0.2, 0) is 5.54 Å². The molecule has 1 fully saturated rings. The van der Waals surface area contributed by atoms with Crippen LogP contribution in [0.2, 0.25) is 0 Å². The molecule has 0 atom stereocenters. The van der Waals surface area contributed by atoms with Gasteiger partial charge in [-0.15, -0.1) is 0 Å². The number of aliphatic hydroxyl groups is 1. The molecule has 1 saturated carbocycles. The van der Waals surface area contributed by atoms with Crippen molar-refractivity contribution >= 4 is 44.4 Å². The van der Waals surface area contributed by atoms with Crippen LogP contribution in [0.25, 0.3) is 39.1 Å². The zero-order valence-electron chi connectivity index (χ0n) is 24.0. The molecule has 0 saturated heterocycles. The highest BCUT2D eigenvalue weighted by Gasteiger charge is 2.60. The highest BCUT2D eigenvalue weighted by molar-refractivity contribution is 9.10. The van der Waals surface area contributed by atoms with Gasteiger partial charge in [0, 0.05) is 35.6 Å². The largest absolute Gasteiger partial charge is 0.390 e. The minimum Gasteiger partial charge on any atom is -0.390 e. The van der Waals surface area contributed by atoms with E-state index in [-0.39, 0.29) is 24.7 Å². The second-order valence-electron chi connectivity index (χ2n) is 12.0. The van der Waals surface area contributed by atoms with E-state index in [1.807, 2.05) is 55.6 Å². The average Bonchev–Trinajstić information content (AvgIpc) is 3.46. The molecule has 6 aromatic rings. The average molecular weight is 645 g/mol. The van der Waals surface area contributed by atoms with Gasteiger partial charge in [-0.2, -0.15) is 9.61 Å². The lowest BCUT2D eigenvalue weighted by Crippen LogP contribution is -2.63. The third-order valence-electron chi connectivity index (χ3n) is 8.87. The normalized spacial score (nSPS) is 21.2. The number of carbonyl (C=O) groups is 2. The van der Waals surface area contributed by atoms with Crippen LogP contribution in [0.4, 0.5) is 0 Å². The van der Waals surface area contributed by atoms with Crippen LogP contribution in [0.15, 0.2) is 95.6 Å². The number of hydrogen-bond acceptors (Lipinski definition) is 6. The van der Waals surface area contributed by atoms with Crippen molar-refractivity contribution < 1.29 is 14.7 Å². The summed E-state index contributed by atoms with van der Waals surface area (Å²) in [6.45, 7) is 3.67. The van der Waals surface area contributed by atoms with Crippen molar-refractivity contribution in [3.63, 3.8) is 0 Å². The van der Waals surface area contributed by atoms with E-state index >= 15 is 0 Å². The molecule has 8 nitrogen and oxygen atoms in total. The van der Waals surface area contributed by atoms with Crippen molar-refractivity contribution in [1.82, 2.24) is 24.5 Å². The summed E-state index contributed by atoms with van der Waals surface area (Å²) in [5, 5.41) is 16.4. The standard InChI is InChI=1S/C35H26BrN5O3/c1-20-28(36)31-37-17-23-16-27(21-8-4-3-5-9-21)29(38-30(23)41(31)39-20)22-12-14-24(15-13-22)35(18-34(2,44)19-35)40-32(42)25-10-6-7-11-26(25)33(40)43/h3-17,44H,18-19H2,1-2H3/t34-,35+. The van der Waals surface area contributed by atoms with Crippen molar-refractivity contribution in [3.8, 4) is 22.4 Å². The van der Waals surface area contributed by atoms with E-state index in [1.165, 1.54) is 4.90 Å². The van der Waals surface area contributed by atoms with E-state index in [4.69, 9.17) is 4.98 Å². The zero-order chi connectivity index (χ0) is 30.4. The summed E-state index contributed by atoms with van der Waals surface area (Å²) in [5.41, 5.74) is 5.41. The molecule has 9 heteroatoms. The number of pyridine rings is 1. The minimum absolute atomic E-state index is 0.257. The number of imide groups is 1. The maximum atomic E-state index is 13.6. The highest BCUT2D eigenvalue weighted by atomic mass is 79.9. The third-order valence-corrected chi connectivity index (χ3v) is 9.80. The Morgan fingerprint density at radius 2 is 1.45 bits per heavy atom. The molecule has 0 unspecified atom stereocenters. The summed E-state index contributed by atoms with van der Waals surface area (Å²) in [6.07, 6.45) is 2.33. The Bertz CT molecular complexity index is 2130. The van der Waals surface area contributed by atoms with Gasteiger partial charge < -0.3 is 5.11 Å². The Kier molecular flexibility index (Phi) is 5.73. The SMILES string of the molecule is Cc1nn2c(ncc3cc(-c4ccccc4)c(-c4ccc([C@]5(N6C(=O)c7ccccc7C6=O)C[C@@](C)(O)C5)cc4)nc32)c1Br. The monoisotopic (exact) mass is 643 g/mol. The predicted octanol–water partition coefficient (Wildman–Crippen LogP) is 6.72. The summed E-state index contributed by atoms with van der Waals surface area (Å²) in [7, 11) is 0. The Balaban J connectivity index is 1.28. The van der Waals surface area contributed by atoms with Crippen LogP contribution in [0, 0.1) is 6.92 Å². The van der Waals surface area contributed by atoms with Crippen LogP contribution in [0.3, 0.4) is 0 Å². The second-order valence-corrected chi connectivity index (χ2v) is 12.8. The maximum absolute atomic E-state index is 13.6. The summed E-state index contributed by atoms with van der Waals surface area (Å²) in [5.74, 6) is -0.655. The Hall–Kier alpha value is -4.73. The first kappa shape index (κ1) is 26.9. The zero-order valence-corrected chi connectivity index (χ0v) is 25.5. The Morgan fingerprint density at radius 3 is 2.09 bits per heavy atom. The van der Waals surface area contributed by atoms with Crippen molar-refractivity contribution in [3.05, 3.63) is 118 Å². The van der Waals surface area contributed by atoms with Crippen LogP contribution < -0.4 is 0 Å². The Labute approximate surface area is 261 Å². The fraction of sp³-hybridized carbons (Fsp3) is 0.171. The molecule has 44 heavy (non-hydrogen) atoms. The Morgan fingerprint density at radius 1 is 0.818 bits per heavy atom. The number of rotatable bonds is 4. The lowest BCUT2D eigenvalue weighted by atomic mass is 9.61. The molecular formula is C35H26BrN5O3. The number of amides is 2. The van der Waals surface area contributed by atoms with Crippen LogP contribution in [0.5, 0.6) is 0 Å². The van der Waals surface area contributed by atoms with Gasteiger partial charge in [-0.05, 0) is 59.1 Å². The summed E-state index contributed by atoms with van der Waals surface area (Å²) >= 11 is 3.60. The number of hydrogen-bond donors (Lipinski definition) is 1. The number of nitrogens with zero attached hydrogens (tertiary/aromatic N) is 5. The molecular weight excluding hydrogens is 618 g/mol. The number of benzene rings is 3. The molecule has 0 spiro atoms. The van der Waals surface area contributed by atoms with Crippen molar-refractivity contribution in [2.75, 3.05) is 0 Å². The molecule has 1 aliphatic carbocycles. The van der Waals surface area contributed by atoms with Gasteiger partial charge >= 0.3 is 0 Å². The fourth-order valence-corrected chi connectivity index (χ4v) is 7.29. The lowest BCUT2D eigenvalue weighted by Gasteiger charge is -2.55. The van der Waals surface area contributed by atoms with E-state index in [0.29, 0.717) is 22.4 Å². The lowest BCUT2D eigenvalue weighted by molar-refractivity contribution is -0.118. The predicted molar refractivity (Wildman–Crippen MR) is 170 cm³/mol. The van der Waals surface area contributed by atoms with E-state index < -0.39 is 11.1 Å². The molecule has 0 bridgehead atoms. The van der Waals surface area contributed by atoms with Gasteiger partial charge in [-0.3, -0.25) is 14.5 Å². The van der Waals surface area contributed by atoms with Crippen LogP contribution in [0.1, 0.15) is 51.7 Å². The van der Waals surface area contributed by atoms with Crippen molar-refractivity contribution in [1.29, 1.82) is 0 Å². The molecule has 0 radical (unpaired) electrons. The van der Waals surface area contributed by atoms with Crippen molar-refractivity contribution in [2.45, 2.75) is 37.8 Å². The third kappa shape index (κ3) is 3.82. The summed E-state index contributed by atoms with van der Waals surface area (Å²) in [6, 6.07) is 26.9. The molecule has 3 aromatic carbocycles. The number of halogens is 1. The second kappa shape index (κ2) is 9.38. The van der Waals surface area contributed by atoms with Gasteiger partial charge in [0.1, 0.15) is 0 Å². The van der Waals surface area contributed by atoms with Gasteiger partial charge in [0.25, 0.3) is 11.8 Å². The first-order valence-corrected chi connectivity index (χ1v) is 15.2. The first-order valence-electron chi connectivity index (χ1n) is 14.4. The molecule has 1 aliphatic heterocycles. The molecule has 2 amide bonds. The van der Waals surface area contributed by atoms with Gasteiger partial charge in [0.15, 0.2) is 11.3 Å². The van der Waals surface area contributed by atoms with E-state index in [1.54, 1.807) is 35.7 Å². The van der Waals surface area contributed by atoms with Gasteiger partial charge in [0.2, 0.25) is 0 Å². The quantitative estimate of drug-likeness (QED) is 0.214. The molecule has 1 N–H and O–H groups in total. The summed E-state index contributed by atoms with van der Waals surface area (Å²) < 4.78 is 2.59. The highest BCUT2D eigenvalue weighted by Crippen LogP contribution is 2.54. The number of carbonyl (C=O) groups excluding carboxylic acids is 2. The van der Waals surface area contributed by atoms with Gasteiger partial charge in [-0.25, -0.2) is 9.97 Å².